The molecular formula is C20H20FN3O2. The van der Waals surface area contributed by atoms with Gasteiger partial charge in [0, 0.05) is 5.56 Å². The highest BCUT2D eigenvalue weighted by atomic mass is 19.1. The quantitative estimate of drug-likeness (QED) is 0.835. The van der Waals surface area contributed by atoms with Gasteiger partial charge >= 0.3 is 0 Å². The number of halogens is 1. The van der Waals surface area contributed by atoms with Crippen LogP contribution in [0.4, 0.5) is 4.39 Å². The number of rotatable bonds is 6. The van der Waals surface area contributed by atoms with Crippen LogP contribution in [0.15, 0.2) is 42.5 Å². The molecule has 0 aliphatic heterocycles. The first-order valence-electron chi connectivity index (χ1n) is 8.22. The van der Waals surface area contributed by atoms with E-state index < -0.39 is 23.7 Å². The van der Waals surface area contributed by atoms with Crippen LogP contribution in [-0.2, 0) is 4.79 Å². The van der Waals surface area contributed by atoms with Gasteiger partial charge in [-0.2, -0.15) is 5.26 Å². The topological polar surface area (TPSA) is 96.0 Å². The van der Waals surface area contributed by atoms with Crippen molar-refractivity contribution >= 4 is 11.8 Å². The molecule has 0 saturated carbocycles. The molecule has 0 heterocycles. The molecule has 0 aromatic heterocycles. The van der Waals surface area contributed by atoms with Crippen molar-refractivity contribution in [2.45, 2.75) is 26.3 Å². The van der Waals surface area contributed by atoms with Gasteiger partial charge in [0.05, 0.1) is 5.56 Å². The second-order valence-electron chi connectivity index (χ2n) is 6.45. The van der Waals surface area contributed by atoms with Gasteiger partial charge in [0.25, 0.3) is 5.91 Å². The third kappa shape index (κ3) is 4.67. The van der Waals surface area contributed by atoms with Crippen LogP contribution in [-0.4, -0.2) is 17.9 Å². The lowest BCUT2D eigenvalue weighted by Crippen LogP contribution is -2.45. The van der Waals surface area contributed by atoms with Crippen LogP contribution in [0.5, 0.6) is 0 Å². The number of benzene rings is 2. The zero-order valence-corrected chi connectivity index (χ0v) is 14.6. The number of amides is 2. The Morgan fingerprint density at radius 3 is 2.50 bits per heavy atom. The van der Waals surface area contributed by atoms with Crippen LogP contribution in [0.25, 0.3) is 11.1 Å². The lowest BCUT2D eigenvalue weighted by atomic mass is 10.00. The molecule has 1 unspecified atom stereocenters. The van der Waals surface area contributed by atoms with Crippen LogP contribution in [0.2, 0.25) is 0 Å². The SMILES string of the molecule is CC(C)CC(NC(=O)c1cccc(-c2ccc(F)c(C#N)c2)c1)C(N)=O. The van der Waals surface area contributed by atoms with Gasteiger partial charge in [-0.05, 0) is 47.7 Å². The van der Waals surface area contributed by atoms with Crippen molar-refractivity contribution in [1.82, 2.24) is 5.32 Å². The Morgan fingerprint density at radius 2 is 1.88 bits per heavy atom. The maximum Gasteiger partial charge on any atom is 0.251 e. The van der Waals surface area contributed by atoms with Crippen LogP contribution >= 0.6 is 0 Å². The average Bonchev–Trinajstić information content (AvgIpc) is 2.61. The summed E-state index contributed by atoms with van der Waals surface area (Å²) in [6.07, 6.45) is 0.449. The summed E-state index contributed by atoms with van der Waals surface area (Å²) in [7, 11) is 0. The predicted octanol–water partition coefficient (Wildman–Crippen LogP) is 2.99. The molecule has 2 aromatic rings. The minimum Gasteiger partial charge on any atom is -0.368 e. The smallest absolute Gasteiger partial charge is 0.251 e. The van der Waals surface area contributed by atoms with E-state index >= 15 is 0 Å². The summed E-state index contributed by atoms with van der Waals surface area (Å²) in [4.78, 5) is 24.0. The fourth-order valence-electron chi connectivity index (χ4n) is 2.59. The Hall–Kier alpha value is -3.20. The number of nitriles is 1. The molecule has 2 aromatic carbocycles. The Balaban J connectivity index is 2.27. The number of nitrogens with zero attached hydrogens (tertiary/aromatic N) is 1. The fourth-order valence-corrected chi connectivity index (χ4v) is 2.59. The highest BCUT2D eigenvalue weighted by Crippen LogP contribution is 2.23. The minimum atomic E-state index is -0.748. The molecule has 2 rings (SSSR count). The molecule has 3 N–H and O–H groups in total. The standard InChI is InChI=1S/C20H20FN3O2/c1-12(2)8-18(19(23)25)24-20(26)15-5-3-4-13(9-15)14-6-7-17(21)16(10-14)11-22/h3-7,9-10,12,18H,8H2,1-2H3,(H2,23,25)(H,24,26). The summed E-state index contributed by atoms with van der Waals surface area (Å²) in [6, 6.07) is 11.9. The lowest BCUT2D eigenvalue weighted by molar-refractivity contribution is -0.120. The van der Waals surface area contributed by atoms with Crippen LogP contribution in [0.3, 0.4) is 0 Å². The van der Waals surface area contributed by atoms with Crippen molar-refractivity contribution in [1.29, 1.82) is 5.26 Å². The number of primary amides is 1. The second kappa shape index (κ2) is 8.26. The third-order valence-electron chi connectivity index (χ3n) is 3.90. The number of nitrogens with two attached hydrogens (primary N) is 1. The van der Waals surface area contributed by atoms with Gasteiger partial charge < -0.3 is 11.1 Å². The van der Waals surface area contributed by atoms with Crippen molar-refractivity contribution in [3.8, 4) is 17.2 Å². The second-order valence-corrected chi connectivity index (χ2v) is 6.45. The molecule has 0 bridgehead atoms. The van der Waals surface area contributed by atoms with Gasteiger partial charge in [-0.3, -0.25) is 9.59 Å². The largest absolute Gasteiger partial charge is 0.368 e. The van der Waals surface area contributed by atoms with E-state index in [2.05, 4.69) is 5.32 Å². The molecule has 6 heteroatoms. The Kier molecular flexibility index (Phi) is 6.07. The zero-order valence-electron chi connectivity index (χ0n) is 14.6. The normalized spacial score (nSPS) is 11.7. The third-order valence-corrected chi connectivity index (χ3v) is 3.90. The van der Waals surface area contributed by atoms with E-state index in [4.69, 9.17) is 11.0 Å². The number of hydrogen-bond donors (Lipinski definition) is 2. The van der Waals surface area contributed by atoms with Crippen molar-refractivity contribution in [3.63, 3.8) is 0 Å². The average molecular weight is 353 g/mol. The first-order chi connectivity index (χ1) is 12.3. The summed E-state index contributed by atoms with van der Waals surface area (Å²) in [5, 5.41) is 11.6. The monoisotopic (exact) mass is 353 g/mol. The van der Waals surface area contributed by atoms with Gasteiger partial charge in [0.2, 0.25) is 5.91 Å². The molecule has 0 radical (unpaired) electrons. The van der Waals surface area contributed by atoms with E-state index in [0.717, 1.165) is 0 Å². The summed E-state index contributed by atoms with van der Waals surface area (Å²) >= 11 is 0. The van der Waals surface area contributed by atoms with Crippen LogP contribution < -0.4 is 11.1 Å². The van der Waals surface area contributed by atoms with Crippen LogP contribution in [0.1, 0.15) is 36.2 Å². The van der Waals surface area contributed by atoms with E-state index in [1.165, 1.54) is 18.2 Å². The minimum absolute atomic E-state index is 0.0666. The molecule has 134 valence electrons. The predicted molar refractivity (Wildman–Crippen MR) is 96.5 cm³/mol. The first kappa shape index (κ1) is 19.1. The molecule has 0 saturated heterocycles. The Bertz CT molecular complexity index is 872. The molecule has 5 nitrogen and oxygen atoms in total. The van der Waals surface area contributed by atoms with Crippen molar-refractivity contribution in [2.24, 2.45) is 11.7 Å². The molecule has 26 heavy (non-hydrogen) atoms. The highest BCUT2D eigenvalue weighted by Gasteiger charge is 2.20. The molecule has 0 fully saturated rings. The number of hydrogen-bond acceptors (Lipinski definition) is 3. The van der Waals surface area contributed by atoms with E-state index in [1.54, 1.807) is 30.3 Å². The lowest BCUT2D eigenvalue weighted by Gasteiger charge is -2.17. The molecule has 2 amide bonds. The maximum absolute atomic E-state index is 13.5. The summed E-state index contributed by atoms with van der Waals surface area (Å²) in [5.41, 5.74) is 6.92. The number of nitrogens with one attached hydrogen (secondary N) is 1. The zero-order chi connectivity index (χ0) is 19.3. The van der Waals surface area contributed by atoms with Gasteiger partial charge in [0.15, 0.2) is 0 Å². The summed E-state index contributed by atoms with van der Waals surface area (Å²) in [6.45, 7) is 3.87. The summed E-state index contributed by atoms with van der Waals surface area (Å²) < 4.78 is 13.5. The number of carbonyl (C=O) groups excluding carboxylic acids is 2. The summed E-state index contributed by atoms with van der Waals surface area (Å²) in [5.74, 6) is -1.40. The van der Waals surface area contributed by atoms with Gasteiger partial charge in [0.1, 0.15) is 17.9 Å². The number of carbonyl (C=O) groups is 2. The molecule has 0 aliphatic rings. The van der Waals surface area contributed by atoms with E-state index in [-0.39, 0.29) is 11.5 Å². The van der Waals surface area contributed by atoms with Gasteiger partial charge in [-0.15, -0.1) is 0 Å². The van der Waals surface area contributed by atoms with E-state index in [0.29, 0.717) is 23.1 Å². The molecular weight excluding hydrogens is 333 g/mol. The van der Waals surface area contributed by atoms with Gasteiger partial charge in [-0.25, -0.2) is 4.39 Å². The van der Waals surface area contributed by atoms with Crippen LogP contribution in [0, 0.1) is 23.1 Å². The van der Waals surface area contributed by atoms with E-state index in [1.807, 2.05) is 13.8 Å². The molecule has 0 aliphatic carbocycles. The van der Waals surface area contributed by atoms with Gasteiger partial charge in [-0.1, -0.05) is 32.0 Å². The van der Waals surface area contributed by atoms with Crippen molar-refractivity contribution in [3.05, 3.63) is 59.4 Å². The molecule has 1 atom stereocenters. The highest BCUT2D eigenvalue weighted by molar-refractivity contribution is 5.98. The van der Waals surface area contributed by atoms with Crippen molar-refractivity contribution in [2.75, 3.05) is 0 Å². The Labute approximate surface area is 151 Å². The maximum atomic E-state index is 13.5. The Morgan fingerprint density at radius 1 is 1.19 bits per heavy atom. The fraction of sp³-hybridized carbons (Fsp3) is 0.250. The molecule has 0 spiro atoms. The van der Waals surface area contributed by atoms with Crippen molar-refractivity contribution < 1.29 is 14.0 Å². The first-order valence-corrected chi connectivity index (χ1v) is 8.22. The van der Waals surface area contributed by atoms with E-state index in [9.17, 15) is 14.0 Å².